The second-order valence-corrected chi connectivity index (χ2v) is 1.83. The van der Waals surface area contributed by atoms with Crippen molar-refractivity contribution in [2.45, 2.75) is 0 Å². The lowest BCUT2D eigenvalue weighted by molar-refractivity contribution is -0.105. The van der Waals surface area contributed by atoms with Gasteiger partial charge in [0, 0.05) is 13.3 Å². The lowest BCUT2D eigenvalue weighted by Gasteiger charge is -2.12. The van der Waals surface area contributed by atoms with Crippen LogP contribution >= 0.6 is 0 Å². The van der Waals surface area contributed by atoms with Gasteiger partial charge in [-0.1, -0.05) is 0 Å². The summed E-state index contributed by atoms with van der Waals surface area (Å²) in [7, 11) is 1.58. The van der Waals surface area contributed by atoms with Crippen molar-refractivity contribution in [1.82, 2.24) is 16.0 Å². The highest BCUT2D eigenvalue weighted by atomic mass is 16.5. The van der Waals surface area contributed by atoms with E-state index in [0.717, 1.165) is 6.29 Å². The smallest absolute Gasteiger partial charge is 0.168 e. The predicted molar refractivity (Wildman–Crippen MR) is 34.1 cm³/mol. The van der Waals surface area contributed by atoms with Gasteiger partial charge in [0.1, 0.15) is 12.4 Å². The third-order valence-electron chi connectivity index (χ3n) is 1.03. The molecule has 2 N–H and O–H groups in total. The van der Waals surface area contributed by atoms with Gasteiger partial charge in [-0.25, -0.2) is 0 Å². The molecule has 0 fully saturated rings. The Bertz CT molecular complexity index is 157. The summed E-state index contributed by atoms with van der Waals surface area (Å²) in [5.41, 5.74) is 5.82. The van der Waals surface area contributed by atoms with Crippen LogP contribution in [0.5, 0.6) is 0 Å². The molecule has 0 aromatic rings. The van der Waals surface area contributed by atoms with E-state index in [1.165, 1.54) is 0 Å². The maximum absolute atomic E-state index is 10.1. The van der Waals surface area contributed by atoms with Crippen molar-refractivity contribution in [3.63, 3.8) is 0 Å². The van der Waals surface area contributed by atoms with E-state index in [2.05, 4.69) is 11.0 Å². The van der Waals surface area contributed by atoms with Gasteiger partial charge in [-0.05, 0) is 0 Å². The van der Waals surface area contributed by atoms with Crippen molar-refractivity contribution in [2.24, 2.45) is 0 Å². The maximum atomic E-state index is 10.1. The number of carbonyl (C=O) groups is 1. The van der Waals surface area contributed by atoms with Gasteiger partial charge in [0.05, 0.1) is 0 Å². The first kappa shape index (κ1) is 7.04. The van der Waals surface area contributed by atoms with Crippen molar-refractivity contribution in [1.29, 1.82) is 0 Å². The first-order chi connectivity index (χ1) is 4.86. The van der Waals surface area contributed by atoms with Crippen molar-refractivity contribution in [3.05, 3.63) is 11.9 Å². The number of hydrazine groups is 2. The van der Waals surface area contributed by atoms with Crippen LogP contribution in [0.25, 0.3) is 0 Å². The van der Waals surface area contributed by atoms with E-state index in [-0.39, 0.29) is 0 Å². The van der Waals surface area contributed by atoms with Gasteiger partial charge in [0.15, 0.2) is 6.29 Å². The van der Waals surface area contributed by atoms with Crippen molar-refractivity contribution < 1.29 is 9.53 Å². The Hall–Kier alpha value is -1.07. The Morgan fingerprint density at radius 2 is 2.70 bits per heavy atom. The lowest BCUT2D eigenvalue weighted by atomic mass is 10.5. The molecule has 56 valence electrons. The van der Waals surface area contributed by atoms with Crippen LogP contribution in [0, 0.1) is 0 Å². The van der Waals surface area contributed by atoms with E-state index in [0.29, 0.717) is 12.4 Å². The Balaban J connectivity index is 2.38. The topological polar surface area (TPSA) is 53.6 Å². The molecular weight excluding hydrogens is 134 g/mol. The summed E-state index contributed by atoms with van der Waals surface area (Å²) in [5, 5.41) is 1.61. The third-order valence-corrected chi connectivity index (χ3v) is 1.03. The summed E-state index contributed by atoms with van der Waals surface area (Å²) in [5.74, 6) is 0. The number of nitrogens with one attached hydrogen (secondary N) is 2. The number of hydrogen-bond donors (Lipinski definition) is 2. The zero-order valence-corrected chi connectivity index (χ0v) is 5.63. The summed E-state index contributed by atoms with van der Waals surface area (Å²) in [4.78, 5) is 10.1. The van der Waals surface area contributed by atoms with Crippen LogP contribution in [-0.2, 0) is 9.53 Å². The number of rotatable bonds is 3. The summed E-state index contributed by atoms with van der Waals surface area (Å²) in [6.07, 6.45) is 2.35. The van der Waals surface area contributed by atoms with Gasteiger partial charge in [-0.2, -0.15) is 0 Å². The van der Waals surface area contributed by atoms with Crippen LogP contribution < -0.4 is 11.0 Å². The third kappa shape index (κ3) is 1.46. The Kier molecular flexibility index (Phi) is 2.24. The number of nitrogens with zero attached hydrogens (tertiary/aromatic N) is 1. The fourth-order valence-corrected chi connectivity index (χ4v) is 0.637. The molecular formula is C5H9N3O2. The Morgan fingerprint density at radius 3 is 3.20 bits per heavy atom. The Labute approximate surface area is 58.6 Å². The van der Waals surface area contributed by atoms with E-state index < -0.39 is 0 Å². The average Bonchev–Trinajstić information content (AvgIpc) is 2.37. The molecule has 5 heteroatoms. The fourth-order valence-electron chi connectivity index (χ4n) is 0.637. The average molecular weight is 143 g/mol. The molecule has 10 heavy (non-hydrogen) atoms. The number of aldehydes is 1. The Morgan fingerprint density at radius 1 is 1.90 bits per heavy atom. The van der Waals surface area contributed by atoms with Gasteiger partial charge in [0.25, 0.3) is 0 Å². The molecule has 0 aliphatic carbocycles. The standard InChI is InChI=1S/C5H9N3O2/c1-10-4-8-2-5(3-9)6-7-8/h2-3,6-7H,4H2,1H3. The summed E-state index contributed by atoms with van der Waals surface area (Å²) < 4.78 is 4.78. The van der Waals surface area contributed by atoms with Crippen LogP contribution in [-0.4, -0.2) is 25.1 Å². The molecule has 0 spiro atoms. The molecule has 0 radical (unpaired) electrons. The first-order valence-electron chi connectivity index (χ1n) is 2.81. The second kappa shape index (κ2) is 3.19. The van der Waals surface area contributed by atoms with Gasteiger partial charge in [-0.3, -0.25) is 15.2 Å². The number of allylic oxidation sites excluding steroid dienone is 1. The SMILES string of the molecule is COCN1C=C(C=O)NN1. The van der Waals surface area contributed by atoms with Crippen LogP contribution in [0.1, 0.15) is 0 Å². The molecule has 0 bridgehead atoms. The number of hydrogen-bond acceptors (Lipinski definition) is 5. The normalized spacial score (nSPS) is 16.5. The second-order valence-electron chi connectivity index (χ2n) is 1.83. The van der Waals surface area contributed by atoms with Crippen LogP contribution in [0.2, 0.25) is 0 Å². The molecule has 0 unspecified atom stereocenters. The number of carbonyl (C=O) groups excluding carboxylic acids is 1. The summed E-state index contributed by atoms with van der Waals surface area (Å²) in [6, 6.07) is 0. The monoisotopic (exact) mass is 143 g/mol. The zero-order chi connectivity index (χ0) is 7.40. The molecule has 0 saturated carbocycles. The molecule has 0 aromatic carbocycles. The van der Waals surface area contributed by atoms with E-state index >= 15 is 0 Å². The van der Waals surface area contributed by atoms with Crippen molar-refractivity contribution in [3.8, 4) is 0 Å². The molecule has 0 saturated heterocycles. The van der Waals surface area contributed by atoms with Crippen molar-refractivity contribution in [2.75, 3.05) is 13.8 Å². The van der Waals surface area contributed by atoms with Gasteiger partial charge in [0.2, 0.25) is 0 Å². The molecule has 1 rings (SSSR count). The van der Waals surface area contributed by atoms with E-state index in [1.54, 1.807) is 18.3 Å². The minimum atomic E-state index is 0.407. The van der Waals surface area contributed by atoms with E-state index in [1.807, 2.05) is 0 Å². The van der Waals surface area contributed by atoms with Crippen molar-refractivity contribution >= 4 is 6.29 Å². The highest BCUT2D eigenvalue weighted by Gasteiger charge is 2.07. The van der Waals surface area contributed by atoms with E-state index in [4.69, 9.17) is 4.74 Å². The molecule has 1 aliphatic rings. The van der Waals surface area contributed by atoms with Crippen LogP contribution in [0.3, 0.4) is 0 Å². The van der Waals surface area contributed by atoms with E-state index in [9.17, 15) is 4.79 Å². The lowest BCUT2D eigenvalue weighted by Crippen LogP contribution is -2.37. The van der Waals surface area contributed by atoms with Crippen LogP contribution in [0.15, 0.2) is 11.9 Å². The van der Waals surface area contributed by atoms with Gasteiger partial charge >= 0.3 is 0 Å². The first-order valence-corrected chi connectivity index (χ1v) is 2.81. The van der Waals surface area contributed by atoms with Gasteiger partial charge in [-0.15, -0.1) is 5.53 Å². The van der Waals surface area contributed by atoms with Crippen LogP contribution in [0.4, 0.5) is 0 Å². The fraction of sp³-hybridized carbons (Fsp3) is 0.400. The highest BCUT2D eigenvalue weighted by Crippen LogP contribution is 1.94. The summed E-state index contributed by atoms with van der Waals surface area (Å²) in [6.45, 7) is 0.407. The highest BCUT2D eigenvalue weighted by molar-refractivity contribution is 5.72. The molecule has 1 heterocycles. The predicted octanol–water partition coefficient (Wildman–Crippen LogP) is -1.04. The van der Waals surface area contributed by atoms with Gasteiger partial charge < -0.3 is 4.74 Å². The molecule has 5 nitrogen and oxygen atoms in total. The molecule has 0 amide bonds. The molecule has 0 atom stereocenters. The molecule has 0 aromatic heterocycles. The largest absolute Gasteiger partial charge is 0.363 e. The molecule has 1 aliphatic heterocycles. The zero-order valence-electron chi connectivity index (χ0n) is 5.63. The minimum Gasteiger partial charge on any atom is -0.363 e. The summed E-state index contributed by atoms with van der Waals surface area (Å²) >= 11 is 0. The maximum Gasteiger partial charge on any atom is 0.168 e. The minimum absolute atomic E-state index is 0.407. The number of ether oxygens (including phenoxy) is 1. The quantitative estimate of drug-likeness (QED) is 0.494. The number of methoxy groups -OCH3 is 1.